The molecule has 0 N–H and O–H groups in total. The third-order valence-electron chi connectivity index (χ3n) is 2.73. The maximum atomic E-state index is 13.0. The number of hydrogen-bond acceptors (Lipinski definition) is 4. The Morgan fingerprint density at radius 2 is 1.87 bits per heavy atom. The quantitative estimate of drug-likeness (QED) is 0.586. The summed E-state index contributed by atoms with van der Waals surface area (Å²) in [7, 11) is 0. The van der Waals surface area contributed by atoms with Crippen LogP contribution in [0.3, 0.4) is 0 Å². The standard InChI is InChI=1S/C15H11ClF3NO3/c1-2-13(21)22-11-5-3-4-6-12(11)23-14-9(15(17,18)19)7-20-8-10(14)16/h3-8H,2H2,1H3. The van der Waals surface area contributed by atoms with Gasteiger partial charge in [-0.05, 0) is 12.1 Å². The largest absolute Gasteiger partial charge is 0.451 e. The first-order chi connectivity index (χ1) is 10.8. The number of ether oxygens (including phenoxy) is 2. The van der Waals surface area contributed by atoms with E-state index in [0.29, 0.717) is 6.20 Å². The first-order valence-corrected chi connectivity index (χ1v) is 6.89. The third kappa shape index (κ3) is 4.13. The van der Waals surface area contributed by atoms with Gasteiger partial charge in [-0.15, -0.1) is 0 Å². The number of carbonyl (C=O) groups is 1. The van der Waals surface area contributed by atoms with Crippen LogP contribution in [0.15, 0.2) is 36.7 Å². The average molecular weight is 346 g/mol. The first kappa shape index (κ1) is 17.1. The van der Waals surface area contributed by atoms with Crippen molar-refractivity contribution in [2.75, 3.05) is 0 Å². The van der Waals surface area contributed by atoms with E-state index >= 15 is 0 Å². The summed E-state index contributed by atoms with van der Waals surface area (Å²) in [5.41, 5.74) is -1.12. The van der Waals surface area contributed by atoms with Gasteiger partial charge in [0.1, 0.15) is 10.6 Å². The number of nitrogens with zero attached hydrogens (tertiary/aromatic N) is 1. The van der Waals surface area contributed by atoms with Crippen LogP contribution >= 0.6 is 11.6 Å². The van der Waals surface area contributed by atoms with Crippen molar-refractivity contribution in [3.05, 3.63) is 47.2 Å². The van der Waals surface area contributed by atoms with E-state index in [-0.39, 0.29) is 22.9 Å². The highest BCUT2D eigenvalue weighted by atomic mass is 35.5. The van der Waals surface area contributed by atoms with E-state index < -0.39 is 23.5 Å². The zero-order chi connectivity index (χ0) is 17.0. The number of alkyl halides is 3. The predicted molar refractivity (Wildman–Crippen MR) is 76.7 cm³/mol. The van der Waals surface area contributed by atoms with Crippen LogP contribution in [0.2, 0.25) is 5.02 Å². The van der Waals surface area contributed by atoms with Crippen molar-refractivity contribution in [1.82, 2.24) is 4.98 Å². The zero-order valence-electron chi connectivity index (χ0n) is 11.9. The second-order valence-corrected chi connectivity index (χ2v) is 4.78. The maximum absolute atomic E-state index is 13.0. The lowest BCUT2D eigenvalue weighted by Gasteiger charge is -2.16. The zero-order valence-corrected chi connectivity index (χ0v) is 12.6. The fourth-order valence-electron chi connectivity index (χ4n) is 1.65. The number of carbonyl (C=O) groups excluding carboxylic acids is 1. The van der Waals surface area contributed by atoms with Crippen LogP contribution in [-0.4, -0.2) is 11.0 Å². The molecule has 1 heterocycles. The van der Waals surface area contributed by atoms with Crippen LogP contribution in [0.5, 0.6) is 17.2 Å². The highest BCUT2D eigenvalue weighted by molar-refractivity contribution is 6.32. The van der Waals surface area contributed by atoms with Crippen LogP contribution in [-0.2, 0) is 11.0 Å². The number of pyridine rings is 1. The third-order valence-corrected chi connectivity index (χ3v) is 3.00. The monoisotopic (exact) mass is 345 g/mol. The van der Waals surface area contributed by atoms with Crippen LogP contribution in [0.4, 0.5) is 13.2 Å². The fraction of sp³-hybridized carbons (Fsp3) is 0.200. The molecular formula is C15H11ClF3NO3. The Kier molecular flexibility index (Phi) is 5.10. The molecule has 0 saturated carbocycles. The predicted octanol–water partition coefficient (Wildman–Crippen LogP) is 4.86. The van der Waals surface area contributed by atoms with E-state index in [1.807, 2.05) is 0 Å². The van der Waals surface area contributed by atoms with Crippen molar-refractivity contribution >= 4 is 17.6 Å². The summed E-state index contributed by atoms with van der Waals surface area (Å²) in [6.07, 6.45) is -2.94. The minimum absolute atomic E-state index is 0.000327. The minimum atomic E-state index is -4.69. The molecular weight excluding hydrogens is 335 g/mol. The molecule has 4 nitrogen and oxygen atoms in total. The van der Waals surface area contributed by atoms with Gasteiger partial charge in [0.25, 0.3) is 0 Å². The Labute approximate surface area is 134 Å². The molecule has 122 valence electrons. The molecule has 0 radical (unpaired) electrons. The average Bonchev–Trinajstić information content (AvgIpc) is 2.49. The van der Waals surface area contributed by atoms with Crippen LogP contribution in [0.25, 0.3) is 0 Å². The van der Waals surface area contributed by atoms with Crippen molar-refractivity contribution < 1.29 is 27.4 Å². The molecule has 0 fully saturated rings. The van der Waals surface area contributed by atoms with Gasteiger partial charge < -0.3 is 9.47 Å². The van der Waals surface area contributed by atoms with E-state index in [4.69, 9.17) is 21.1 Å². The van der Waals surface area contributed by atoms with Crippen molar-refractivity contribution in [3.8, 4) is 17.2 Å². The Morgan fingerprint density at radius 1 is 1.22 bits per heavy atom. The van der Waals surface area contributed by atoms with Gasteiger partial charge in [-0.25, -0.2) is 0 Å². The summed E-state index contributed by atoms with van der Waals surface area (Å²) in [4.78, 5) is 14.8. The van der Waals surface area contributed by atoms with Crippen molar-refractivity contribution in [1.29, 1.82) is 0 Å². The number of esters is 1. The van der Waals surface area contributed by atoms with Crippen LogP contribution < -0.4 is 9.47 Å². The lowest BCUT2D eigenvalue weighted by atomic mass is 10.2. The SMILES string of the molecule is CCC(=O)Oc1ccccc1Oc1c(Cl)cncc1C(F)(F)F. The molecule has 0 aliphatic rings. The number of rotatable bonds is 4. The van der Waals surface area contributed by atoms with Gasteiger partial charge in [0.05, 0.1) is 0 Å². The summed E-state index contributed by atoms with van der Waals surface area (Å²) in [6.45, 7) is 1.59. The molecule has 0 bridgehead atoms. The number of aromatic nitrogens is 1. The van der Waals surface area contributed by atoms with E-state index in [0.717, 1.165) is 6.20 Å². The minimum Gasteiger partial charge on any atom is -0.451 e. The molecule has 2 aromatic rings. The summed E-state index contributed by atoms with van der Waals surface area (Å²) in [5.74, 6) is -1.21. The number of halogens is 4. The normalized spacial score (nSPS) is 11.2. The molecule has 0 aliphatic heterocycles. The van der Waals surface area contributed by atoms with Crippen molar-refractivity contribution in [2.24, 2.45) is 0 Å². The van der Waals surface area contributed by atoms with Gasteiger partial charge in [-0.3, -0.25) is 9.78 Å². The van der Waals surface area contributed by atoms with Crippen LogP contribution in [0, 0.1) is 0 Å². The molecule has 0 saturated heterocycles. The Hall–Kier alpha value is -2.28. The Balaban J connectivity index is 2.43. The highest BCUT2D eigenvalue weighted by Crippen LogP contribution is 2.43. The second-order valence-electron chi connectivity index (χ2n) is 4.37. The van der Waals surface area contributed by atoms with Gasteiger partial charge in [0, 0.05) is 18.8 Å². The number of para-hydroxylation sites is 2. The molecule has 0 atom stereocenters. The molecule has 0 aliphatic carbocycles. The van der Waals surface area contributed by atoms with E-state index in [9.17, 15) is 18.0 Å². The highest BCUT2D eigenvalue weighted by Gasteiger charge is 2.36. The molecule has 1 aromatic heterocycles. The smallest absolute Gasteiger partial charge is 0.421 e. The van der Waals surface area contributed by atoms with Gasteiger partial charge in [0.2, 0.25) is 0 Å². The summed E-state index contributed by atoms with van der Waals surface area (Å²) in [5, 5.41) is -0.309. The first-order valence-electron chi connectivity index (χ1n) is 6.51. The second kappa shape index (κ2) is 6.87. The van der Waals surface area contributed by atoms with E-state index in [1.165, 1.54) is 18.2 Å². The lowest BCUT2D eigenvalue weighted by molar-refractivity contribution is -0.139. The number of hydrogen-bond donors (Lipinski definition) is 0. The van der Waals surface area contributed by atoms with Gasteiger partial charge >= 0.3 is 12.1 Å². The molecule has 0 unspecified atom stereocenters. The maximum Gasteiger partial charge on any atom is 0.421 e. The van der Waals surface area contributed by atoms with E-state index in [2.05, 4.69) is 4.98 Å². The molecule has 0 amide bonds. The van der Waals surface area contributed by atoms with E-state index in [1.54, 1.807) is 13.0 Å². The molecule has 1 aromatic carbocycles. The van der Waals surface area contributed by atoms with Gasteiger partial charge in [-0.2, -0.15) is 13.2 Å². The Bertz CT molecular complexity index is 719. The number of benzene rings is 1. The van der Waals surface area contributed by atoms with Gasteiger partial charge in [-0.1, -0.05) is 30.7 Å². The fourth-order valence-corrected chi connectivity index (χ4v) is 1.85. The lowest BCUT2D eigenvalue weighted by Crippen LogP contribution is -2.09. The van der Waals surface area contributed by atoms with Crippen molar-refractivity contribution in [2.45, 2.75) is 19.5 Å². The summed E-state index contributed by atoms with van der Waals surface area (Å²) >= 11 is 5.78. The Morgan fingerprint density at radius 3 is 2.48 bits per heavy atom. The summed E-state index contributed by atoms with van der Waals surface area (Å²) in [6, 6.07) is 5.87. The van der Waals surface area contributed by atoms with Crippen LogP contribution in [0.1, 0.15) is 18.9 Å². The molecule has 23 heavy (non-hydrogen) atoms. The molecule has 2 rings (SSSR count). The van der Waals surface area contributed by atoms with Gasteiger partial charge in [0.15, 0.2) is 17.2 Å². The molecule has 0 spiro atoms. The topological polar surface area (TPSA) is 48.4 Å². The van der Waals surface area contributed by atoms with Crippen molar-refractivity contribution in [3.63, 3.8) is 0 Å². The summed E-state index contributed by atoms with van der Waals surface area (Å²) < 4.78 is 49.4. The molecule has 8 heteroatoms.